The standard InChI is InChI=1S/C15H14N6/c1-11-9-16-10-13(20-11)15-19-8-5-12(21-15)3-4-14-17-6-2-7-18-14/h2,5-10H,3-4H2,1H3. The van der Waals surface area contributed by atoms with Crippen LogP contribution < -0.4 is 0 Å². The fourth-order valence-corrected chi connectivity index (χ4v) is 1.93. The fraction of sp³-hybridized carbons (Fsp3) is 0.200. The van der Waals surface area contributed by atoms with Gasteiger partial charge in [-0.05, 0) is 25.5 Å². The van der Waals surface area contributed by atoms with Crippen LogP contribution in [0.2, 0.25) is 0 Å². The molecular weight excluding hydrogens is 264 g/mol. The maximum Gasteiger partial charge on any atom is 0.179 e. The Hall–Kier alpha value is -2.76. The Balaban J connectivity index is 1.77. The third-order valence-electron chi connectivity index (χ3n) is 2.92. The molecule has 0 aromatic carbocycles. The maximum atomic E-state index is 4.53. The molecule has 3 aromatic heterocycles. The summed E-state index contributed by atoms with van der Waals surface area (Å²) in [6.45, 7) is 1.90. The smallest absolute Gasteiger partial charge is 0.179 e. The Bertz CT molecular complexity index is 729. The molecule has 0 unspecified atom stereocenters. The molecule has 0 fully saturated rings. The molecule has 0 saturated carbocycles. The van der Waals surface area contributed by atoms with Crippen LogP contribution in [0.25, 0.3) is 11.5 Å². The van der Waals surface area contributed by atoms with Gasteiger partial charge in [0.15, 0.2) is 5.82 Å². The van der Waals surface area contributed by atoms with Crippen LogP contribution in [-0.4, -0.2) is 29.9 Å². The minimum absolute atomic E-state index is 0.595. The zero-order valence-corrected chi connectivity index (χ0v) is 11.6. The highest BCUT2D eigenvalue weighted by molar-refractivity contribution is 5.47. The van der Waals surface area contributed by atoms with Crippen molar-refractivity contribution in [2.24, 2.45) is 0 Å². The third-order valence-corrected chi connectivity index (χ3v) is 2.92. The van der Waals surface area contributed by atoms with Gasteiger partial charge < -0.3 is 0 Å². The SMILES string of the molecule is Cc1cncc(-c2nccc(CCc3ncccn3)n2)n1. The van der Waals surface area contributed by atoms with Crippen molar-refractivity contribution < 1.29 is 0 Å². The van der Waals surface area contributed by atoms with E-state index in [1.54, 1.807) is 31.0 Å². The van der Waals surface area contributed by atoms with E-state index in [4.69, 9.17) is 0 Å². The van der Waals surface area contributed by atoms with Crippen molar-refractivity contribution in [1.82, 2.24) is 29.9 Å². The first-order valence-corrected chi connectivity index (χ1v) is 6.68. The summed E-state index contributed by atoms with van der Waals surface area (Å²) >= 11 is 0. The summed E-state index contributed by atoms with van der Waals surface area (Å²) in [6.07, 6.45) is 10.1. The van der Waals surface area contributed by atoms with Crippen molar-refractivity contribution in [1.29, 1.82) is 0 Å². The lowest BCUT2D eigenvalue weighted by Gasteiger charge is -2.03. The number of aryl methyl sites for hydroxylation is 3. The van der Waals surface area contributed by atoms with Crippen LogP contribution in [0.3, 0.4) is 0 Å². The molecule has 0 aliphatic carbocycles. The second-order valence-corrected chi connectivity index (χ2v) is 4.58. The molecule has 0 aliphatic heterocycles. The molecule has 3 heterocycles. The molecule has 21 heavy (non-hydrogen) atoms. The minimum Gasteiger partial charge on any atom is -0.260 e. The fourth-order valence-electron chi connectivity index (χ4n) is 1.93. The minimum atomic E-state index is 0.595. The average Bonchev–Trinajstić information content (AvgIpc) is 2.54. The molecule has 104 valence electrons. The number of nitrogens with zero attached hydrogens (tertiary/aromatic N) is 6. The number of hydrogen-bond donors (Lipinski definition) is 0. The van der Waals surface area contributed by atoms with Crippen LogP contribution in [0.1, 0.15) is 17.2 Å². The van der Waals surface area contributed by atoms with E-state index in [0.29, 0.717) is 11.5 Å². The highest BCUT2D eigenvalue weighted by Gasteiger charge is 2.06. The highest BCUT2D eigenvalue weighted by Crippen LogP contribution is 2.11. The predicted octanol–water partition coefficient (Wildman–Crippen LogP) is 1.82. The van der Waals surface area contributed by atoms with E-state index in [9.17, 15) is 0 Å². The summed E-state index contributed by atoms with van der Waals surface area (Å²) in [7, 11) is 0. The Labute approximate surface area is 122 Å². The van der Waals surface area contributed by atoms with Crippen molar-refractivity contribution in [2.45, 2.75) is 19.8 Å². The van der Waals surface area contributed by atoms with E-state index in [0.717, 1.165) is 30.1 Å². The molecule has 6 nitrogen and oxygen atoms in total. The molecule has 0 spiro atoms. The molecule has 6 heteroatoms. The molecule has 0 atom stereocenters. The summed E-state index contributed by atoms with van der Waals surface area (Å²) in [5, 5.41) is 0. The van der Waals surface area contributed by atoms with Gasteiger partial charge in [-0.2, -0.15) is 0 Å². The largest absolute Gasteiger partial charge is 0.260 e. The summed E-state index contributed by atoms with van der Waals surface area (Å²) in [4.78, 5) is 25.7. The number of hydrogen-bond acceptors (Lipinski definition) is 6. The molecule has 0 bridgehead atoms. The van der Waals surface area contributed by atoms with Gasteiger partial charge >= 0.3 is 0 Å². The quantitative estimate of drug-likeness (QED) is 0.724. The molecule has 0 N–H and O–H groups in total. The lowest BCUT2D eigenvalue weighted by atomic mass is 10.2. The summed E-state index contributed by atoms with van der Waals surface area (Å²) in [5.74, 6) is 1.41. The Kier molecular flexibility index (Phi) is 3.86. The van der Waals surface area contributed by atoms with Crippen LogP contribution in [-0.2, 0) is 12.8 Å². The second-order valence-electron chi connectivity index (χ2n) is 4.58. The van der Waals surface area contributed by atoms with Crippen molar-refractivity contribution in [3.05, 3.63) is 60.3 Å². The van der Waals surface area contributed by atoms with Crippen LogP contribution in [0.4, 0.5) is 0 Å². The van der Waals surface area contributed by atoms with Gasteiger partial charge in [0.05, 0.1) is 11.9 Å². The summed E-state index contributed by atoms with van der Waals surface area (Å²) < 4.78 is 0. The van der Waals surface area contributed by atoms with Crippen molar-refractivity contribution in [2.75, 3.05) is 0 Å². The lowest BCUT2D eigenvalue weighted by Crippen LogP contribution is -2.01. The highest BCUT2D eigenvalue weighted by atomic mass is 14.9. The van der Waals surface area contributed by atoms with Gasteiger partial charge in [0.2, 0.25) is 0 Å². The molecule has 3 aromatic rings. The topological polar surface area (TPSA) is 77.3 Å². The van der Waals surface area contributed by atoms with Gasteiger partial charge in [-0.1, -0.05) is 0 Å². The molecule has 0 aliphatic rings. The second kappa shape index (κ2) is 6.13. The summed E-state index contributed by atoms with van der Waals surface area (Å²) in [5.41, 5.74) is 2.47. The van der Waals surface area contributed by atoms with E-state index in [1.807, 2.05) is 19.1 Å². The van der Waals surface area contributed by atoms with Gasteiger partial charge in [0, 0.05) is 36.9 Å². The molecule has 0 radical (unpaired) electrons. The van der Waals surface area contributed by atoms with Crippen LogP contribution >= 0.6 is 0 Å². The molecular formula is C15H14N6. The predicted molar refractivity (Wildman–Crippen MR) is 77.2 cm³/mol. The first kappa shape index (κ1) is 13.2. The van der Waals surface area contributed by atoms with Crippen molar-refractivity contribution in [3.8, 4) is 11.5 Å². The van der Waals surface area contributed by atoms with Gasteiger partial charge in [-0.3, -0.25) is 4.98 Å². The van der Waals surface area contributed by atoms with E-state index in [2.05, 4.69) is 29.9 Å². The van der Waals surface area contributed by atoms with Gasteiger partial charge in [0.1, 0.15) is 11.5 Å². The Morgan fingerprint density at radius 3 is 2.57 bits per heavy atom. The van der Waals surface area contributed by atoms with Gasteiger partial charge in [-0.25, -0.2) is 24.9 Å². The van der Waals surface area contributed by atoms with Gasteiger partial charge in [0.25, 0.3) is 0 Å². The van der Waals surface area contributed by atoms with Crippen LogP contribution in [0, 0.1) is 6.92 Å². The Morgan fingerprint density at radius 1 is 0.905 bits per heavy atom. The molecule has 0 saturated heterocycles. The maximum absolute atomic E-state index is 4.53. The van der Waals surface area contributed by atoms with E-state index >= 15 is 0 Å². The van der Waals surface area contributed by atoms with Crippen LogP contribution in [0.15, 0.2) is 43.1 Å². The lowest BCUT2D eigenvalue weighted by molar-refractivity contribution is 0.831. The third kappa shape index (κ3) is 3.42. The number of aromatic nitrogens is 6. The van der Waals surface area contributed by atoms with E-state index in [-0.39, 0.29) is 0 Å². The first-order valence-electron chi connectivity index (χ1n) is 6.68. The zero-order valence-electron chi connectivity index (χ0n) is 11.6. The Morgan fingerprint density at radius 2 is 1.76 bits per heavy atom. The van der Waals surface area contributed by atoms with Gasteiger partial charge in [-0.15, -0.1) is 0 Å². The molecule has 0 amide bonds. The molecule has 3 rings (SSSR count). The van der Waals surface area contributed by atoms with E-state index in [1.165, 1.54) is 0 Å². The normalized spacial score (nSPS) is 10.5. The zero-order chi connectivity index (χ0) is 14.5. The average molecular weight is 278 g/mol. The monoisotopic (exact) mass is 278 g/mol. The van der Waals surface area contributed by atoms with Crippen molar-refractivity contribution >= 4 is 0 Å². The first-order chi connectivity index (χ1) is 10.3. The van der Waals surface area contributed by atoms with E-state index < -0.39 is 0 Å². The summed E-state index contributed by atoms with van der Waals surface area (Å²) in [6, 6.07) is 3.71. The van der Waals surface area contributed by atoms with Crippen molar-refractivity contribution in [3.63, 3.8) is 0 Å². The van der Waals surface area contributed by atoms with Crippen LogP contribution in [0.5, 0.6) is 0 Å². The number of rotatable bonds is 4.